The topological polar surface area (TPSA) is 61.9 Å². The number of amides is 2. The van der Waals surface area contributed by atoms with Crippen molar-refractivity contribution < 1.29 is 14.3 Å². The molecule has 1 N–H and O–H groups in total. The van der Waals surface area contributed by atoms with Crippen LogP contribution in [0.15, 0.2) is 48.5 Å². The second-order valence-corrected chi connectivity index (χ2v) is 10.4. The lowest BCUT2D eigenvalue weighted by atomic mass is 10.0. The second kappa shape index (κ2) is 15.6. The van der Waals surface area contributed by atoms with E-state index >= 15 is 0 Å². The number of halogens is 1. The van der Waals surface area contributed by atoms with E-state index in [2.05, 4.69) is 51.8 Å². The number of nitrogens with one attached hydrogen (secondary N) is 1. The molecule has 2 aromatic rings. The van der Waals surface area contributed by atoms with Gasteiger partial charge in [-0.25, -0.2) is 0 Å². The molecule has 0 saturated heterocycles. The van der Waals surface area contributed by atoms with Gasteiger partial charge in [0.25, 0.3) is 5.91 Å². The Kier molecular flexibility index (Phi) is 12.9. The van der Waals surface area contributed by atoms with E-state index in [1.54, 1.807) is 24.3 Å². The molecule has 0 radical (unpaired) electrons. The molecule has 6 nitrogen and oxygen atoms in total. The van der Waals surface area contributed by atoms with Crippen molar-refractivity contribution >= 4 is 23.4 Å². The molecule has 0 spiro atoms. The smallest absolute Gasteiger partial charge is 0.251 e. The molecular formula is C30H44ClN3O3. The summed E-state index contributed by atoms with van der Waals surface area (Å²) in [4.78, 5) is 30.7. The molecule has 0 aliphatic rings. The second-order valence-electron chi connectivity index (χ2n) is 9.98. The number of carbonyl (C=O) groups is 2. The van der Waals surface area contributed by atoms with Crippen LogP contribution in [0.5, 0.6) is 5.75 Å². The van der Waals surface area contributed by atoms with Crippen LogP contribution in [-0.4, -0.2) is 66.0 Å². The maximum atomic E-state index is 13.5. The van der Waals surface area contributed by atoms with Gasteiger partial charge in [-0.05, 0) is 82.5 Å². The molecule has 37 heavy (non-hydrogen) atoms. The zero-order valence-electron chi connectivity index (χ0n) is 23.3. The van der Waals surface area contributed by atoms with Gasteiger partial charge in [-0.15, -0.1) is 0 Å². The fourth-order valence-electron chi connectivity index (χ4n) is 4.47. The van der Waals surface area contributed by atoms with E-state index in [4.69, 9.17) is 16.3 Å². The lowest BCUT2D eigenvalue weighted by Crippen LogP contribution is -2.50. The maximum Gasteiger partial charge on any atom is 0.251 e. The SMILES string of the molecule is CCCN(CCC)C(=O)C(Cc1ccc(OCCN(C(C)C)C(C)C)cc1)NC(=O)c1ccc(Cl)cc1. The summed E-state index contributed by atoms with van der Waals surface area (Å²) in [5.74, 6) is 0.444. The fraction of sp³-hybridized carbons (Fsp3) is 0.533. The highest BCUT2D eigenvalue weighted by molar-refractivity contribution is 6.30. The number of benzene rings is 2. The van der Waals surface area contributed by atoms with Gasteiger partial charge >= 0.3 is 0 Å². The number of rotatable bonds is 15. The maximum absolute atomic E-state index is 13.5. The molecular weight excluding hydrogens is 486 g/mol. The van der Waals surface area contributed by atoms with Crippen molar-refractivity contribution in [1.82, 2.24) is 15.1 Å². The number of hydrogen-bond acceptors (Lipinski definition) is 4. The lowest BCUT2D eigenvalue weighted by molar-refractivity contribution is -0.133. The Morgan fingerprint density at radius 3 is 1.95 bits per heavy atom. The van der Waals surface area contributed by atoms with Crippen LogP contribution in [-0.2, 0) is 11.2 Å². The summed E-state index contributed by atoms with van der Waals surface area (Å²) in [6, 6.07) is 14.7. The third kappa shape index (κ3) is 10.0. The molecule has 1 atom stereocenters. The van der Waals surface area contributed by atoms with Crippen molar-refractivity contribution in [2.45, 2.75) is 78.9 Å². The van der Waals surface area contributed by atoms with Crippen molar-refractivity contribution in [2.24, 2.45) is 0 Å². The molecule has 7 heteroatoms. The summed E-state index contributed by atoms with van der Waals surface area (Å²) in [5.41, 5.74) is 1.43. The third-order valence-corrected chi connectivity index (χ3v) is 6.57. The van der Waals surface area contributed by atoms with Gasteiger partial charge in [0.2, 0.25) is 5.91 Å². The lowest BCUT2D eigenvalue weighted by Gasteiger charge is -2.30. The highest BCUT2D eigenvalue weighted by Crippen LogP contribution is 2.16. The average molecular weight is 530 g/mol. The van der Waals surface area contributed by atoms with Crippen LogP contribution >= 0.6 is 11.6 Å². The Morgan fingerprint density at radius 1 is 0.865 bits per heavy atom. The fourth-order valence-corrected chi connectivity index (χ4v) is 4.60. The zero-order valence-corrected chi connectivity index (χ0v) is 24.1. The van der Waals surface area contributed by atoms with Crippen LogP contribution in [0.2, 0.25) is 5.02 Å². The molecule has 0 fully saturated rings. The van der Waals surface area contributed by atoms with Crippen LogP contribution in [0.1, 0.15) is 70.3 Å². The molecule has 1 unspecified atom stereocenters. The molecule has 2 rings (SSSR count). The minimum Gasteiger partial charge on any atom is -0.492 e. The van der Waals surface area contributed by atoms with Crippen LogP contribution in [0.3, 0.4) is 0 Å². The van der Waals surface area contributed by atoms with E-state index in [9.17, 15) is 9.59 Å². The molecule has 2 amide bonds. The molecule has 0 heterocycles. The van der Waals surface area contributed by atoms with Gasteiger partial charge < -0.3 is 15.0 Å². The molecule has 204 valence electrons. The number of ether oxygens (including phenoxy) is 1. The van der Waals surface area contributed by atoms with Crippen LogP contribution in [0.25, 0.3) is 0 Å². The Hall–Kier alpha value is -2.57. The first kappa shape index (κ1) is 30.7. The predicted molar refractivity (Wildman–Crippen MR) is 152 cm³/mol. The van der Waals surface area contributed by atoms with Crippen LogP contribution in [0, 0.1) is 0 Å². The summed E-state index contributed by atoms with van der Waals surface area (Å²) in [7, 11) is 0. The molecule has 2 aromatic carbocycles. The predicted octanol–water partition coefficient (Wildman–Crippen LogP) is 5.83. The number of nitrogens with zero attached hydrogens (tertiary/aromatic N) is 2. The molecule has 0 aliphatic carbocycles. The highest BCUT2D eigenvalue weighted by Gasteiger charge is 2.26. The summed E-state index contributed by atoms with van der Waals surface area (Å²) < 4.78 is 5.98. The van der Waals surface area contributed by atoms with E-state index < -0.39 is 6.04 Å². The van der Waals surface area contributed by atoms with Gasteiger partial charge in [0.05, 0.1) is 0 Å². The van der Waals surface area contributed by atoms with Crippen LogP contribution in [0.4, 0.5) is 0 Å². The Morgan fingerprint density at radius 2 is 1.43 bits per heavy atom. The van der Waals surface area contributed by atoms with Crippen molar-refractivity contribution in [3.63, 3.8) is 0 Å². The zero-order chi connectivity index (χ0) is 27.4. The monoisotopic (exact) mass is 529 g/mol. The van der Waals surface area contributed by atoms with E-state index in [1.165, 1.54) is 0 Å². The minimum absolute atomic E-state index is 0.0613. The third-order valence-electron chi connectivity index (χ3n) is 6.32. The largest absolute Gasteiger partial charge is 0.492 e. The van der Waals surface area contributed by atoms with E-state index in [0.717, 1.165) is 30.7 Å². The van der Waals surface area contributed by atoms with Gasteiger partial charge in [0.15, 0.2) is 0 Å². The van der Waals surface area contributed by atoms with Gasteiger partial charge in [-0.1, -0.05) is 37.6 Å². The normalized spacial score (nSPS) is 12.2. The minimum atomic E-state index is -0.668. The molecule has 0 aromatic heterocycles. The highest BCUT2D eigenvalue weighted by atomic mass is 35.5. The van der Waals surface area contributed by atoms with Crippen molar-refractivity contribution in [1.29, 1.82) is 0 Å². The molecule has 0 saturated carbocycles. The standard InChI is InChI=1S/C30H44ClN3O3/c1-7-17-33(18-8-2)30(36)28(32-29(35)25-11-13-26(31)14-12-25)21-24-9-15-27(16-10-24)37-20-19-34(22(3)4)23(5)6/h9-16,22-23,28H,7-8,17-21H2,1-6H3,(H,32,35). The number of carbonyl (C=O) groups excluding carboxylic acids is 2. The summed E-state index contributed by atoms with van der Waals surface area (Å²) in [5, 5.41) is 3.53. The van der Waals surface area contributed by atoms with E-state index in [1.807, 2.05) is 29.2 Å². The van der Waals surface area contributed by atoms with Crippen molar-refractivity contribution in [3.05, 3.63) is 64.7 Å². The first-order chi connectivity index (χ1) is 17.7. The van der Waals surface area contributed by atoms with Gasteiger partial charge in [-0.2, -0.15) is 0 Å². The summed E-state index contributed by atoms with van der Waals surface area (Å²) in [6.07, 6.45) is 2.12. The Labute approximate surface area is 228 Å². The van der Waals surface area contributed by atoms with Crippen molar-refractivity contribution in [3.8, 4) is 5.75 Å². The van der Waals surface area contributed by atoms with Gasteiger partial charge in [-0.3, -0.25) is 14.5 Å². The van der Waals surface area contributed by atoms with Crippen LogP contribution < -0.4 is 10.1 Å². The van der Waals surface area contributed by atoms with E-state index in [0.29, 0.717) is 48.8 Å². The number of hydrogen-bond donors (Lipinski definition) is 1. The molecule has 0 aliphatic heterocycles. The average Bonchev–Trinajstić information content (AvgIpc) is 2.86. The van der Waals surface area contributed by atoms with Gasteiger partial charge in [0.1, 0.15) is 18.4 Å². The first-order valence-electron chi connectivity index (χ1n) is 13.5. The summed E-state index contributed by atoms with van der Waals surface area (Å²) >= 11 is 5.97. The molecule has 0 bridgehead atoms. The Balaban J connectivity index is 2.12. The van der Waals surface area contributed by atoms with E-state index in [-0.39, 0.29) is 11.8 Å². The first-order valence-corrected chi connectivity index (χ1v) is 13.9. The van der Waals surface area contributed by atoms with Gasteiger partial charge in [0, 0.05) is 48.7 Å². The Bertz CT molecular complexity index is 947. The summed E-state index contributed by atoms with van der Waals surface area (Å²) in [6.45, 7) is 15.7. The van der Waals surface area contributed by atoms with Crippen molar-refractivity contribution in [2.75, 3.05) is 26.2 Å². The quantitative estimate of drug-likeness (QED) is 0.315.